The molecule has 2 aliphatic rings. The van der Waals surface area contributed by atoms with Gasteiger partial charge in [0.05, 0.1) is 23.8 Å². The van der Waals surface area contributed by atoms with Crippen LogP contribution >= 0.6 is 15.9 Å². The summed E-state index contributed by atoms with van der Waals surface area (Å²) >= 11 is 3.54. The molecule has 0 saturated heterocycles. The molecule has 1 aromatic carbocycles. The lowest BCUT2D eigenvalue weighted by atomic mass is 9.68. The zero-order chi connectivity index (χ0) is 22.1. The molecule has 0 spiro atoms. The third-order valence-corrected chi connectivity index (χ3v) is 6.32. The molecule has 1 unspecified atom stereocenters. The number of dihydropyridines is 1. The average molecular weight is 476 g/mol. The van der Waals surface area contributed by atoms with E-state index in [-0.39, 0.29) is 17.2 Å². The van der Waals surface area contributed by atoms with Crippen molar-refractivity contribution in [2.24, 2.45) is 5.41 Å². The van der Waals surface area contributed by atoms with Crippen LogP contribution in [-0.2, 0) is 14.3 Å². The van der Waals surface area contributed by atoms with E-state index in [1.165, 1.54) is 0 Å². The van der Waals surface area contributed by atoms with E-state index in [1.807, 2.05) is 25.1 Å². The SMILES string of the molecule is CCCCOC(=O)C1=C(C)NC2=C(C(=O)CC(C)(C)C2)C1c1ccc(OC)c(Br)c1. The standard InChI is InChI=1S/C24H30BrNO4/c1-6-7-10-30-23(28)20-14(2)26-17-12-24(3,4)13-18(27)22(17)21(20)15-8-9-19(29-5)16(25)11-15/h8-9,11,21,26H,6-7,10,12-13H2,1-5H3. The summed E-state index contributed by atoms with van der Waals surface area (Å²) in [6.45, 7) is 8.51. The van der Waals surface area contributed by atoms with E-state index in [1.54, 1.807) is 7.11 Å². The normalized spacial score (nSPS) is 20.6. The number of halogens is 1. The molecule has 5 nitrogen and oxygen atoms in total. The number of rotatable bonds is 6. The second kappa shape index (κ2) is 8.96. The van der Waals surface area contributed by atoms with Gasteiger partial charge in [0, 0.05) is 29.3 Å². The number of nitrogens with one attached hydrogen (secondary N) is 1. The minimum Gasteiger partial charge on any atom is -0.496 e. The first kappa shape index (κ1) is 22.6. The number of Topliss-reactive ketones (excluding diaryl/α,β-unsaturated/α-hetero) is 1. The lowest BCUT2D eigenvalue weighted by molar-refractivity contribution is -0.139. The van der Waals surface area contributed by atoms with Crippen LogP contribution in [0.15, 0.2) is 45.2 Å². The van der Waals surface area contributed by atoms with E-state index < -0.39 is 5.92 Å². The fraction of sp³-hybridized carbons (Fsp3) is 0.500. The van der Waals surface area contributed by atoms with E-state index in [0.29, 0.717) is 29.9 Å². The van der Waals surface area contributed by atoms with Crippen LogP contribution in [0.3, 0.4) is 0 Å². The van der Waals surface area contributed by atoms with Gasteiger partial charge in [0.1, 0.15) is 5.75 Å². The topological polar surface area (TPSA) is 64.6 Å². The van der Waals surface area contributed by atoms with E-state index in [9.17, 15) is 9.59 Å². The maximum absolute atomic E-state index is 13.3. The number of esters is 1. The number of hydrogen-bond donors (Lipinski definition) is 1. The van der Waals surface area contributed by atoms with Gasteiger partial charge < -0.3 is 14.8 Å². The van der Waals surface area contributed by atoms with Crippen molar-refractivity contribution in [3.05, 3.63) is 50.8 Å². The lowest BCUT2D eigenvalue weighted by Crippen LogP contribution is -2.38. The minimum atomic E-state index is -0.457. The van der Waals surface area contributed by atoms with Gasteiger partial charge in [-0.05, 0) is 58.8 Å². The highest BCUT2D eigenvalue weighted by Gasteiger charge is 2.43. The number of benzene rings is 1. The molecule has 0 fully saturated rings. The number of unbranched alkanes of at least 4 members (excludes halogenated alkanes) is 1. The van der Waals surface area contributed by atoms with Crippen molar-refractivity contribution in [1.82, 2.24) is 5.32 Å². The molecule has 1 N–H and O–H groups in total. The second-order valence-electron chi connectivity index (χ2n) is 8.81. The van der Waals surface area contributed by atoms with Gasteiger partial charge in [-0.2, -0.15) is 0 Å². The Balaban J connectivity index is 2.11. The first-order chi connectivity index (χ1) is 14.2. The summed E-state index contributed by atoms with van der Waals surface area (Å²) in [5.41, 5.74) is 3.60. The Kier molecular flexibility index (Phi) is 6.75. The number of ether oxygens (including phenoxy) is 2. The van der Waals surface area contributed by atoms with E-state index in [2.05, 4.69) is 42.0 Å². The molecule has 0 saturated carbocycles. The van der Waals surface area contributed by atoms with Crippen molar-refractivity contribution < 1.29 is 19.1 Å². The zero-order valence-electron chi connectivity index (χ0n) is 18.4. The number of allylic oxidation sites excluding steroid dienone is 3. The van der Waals surface area contributed by atoms with Gasteiger partial charge >= 0.3 is 5.97 Å². The fourth-order valence-electron chi connectivity index (χ4n) is 4.29. The van der Waals surface area contributed by atoms with Crippen molar-refractivity contribution in [3.8, 4) is 5.75 Å². The molecule has 162 valence electrons. The minimum absolute atomic E-state index is 0.0806. The van der Waals surface area contributed by atoms with Crippen LogP contribution in [0.25, 0.3) is 0 Å². The van der Waals surface area contributed by atoms with Gasteiger partial charge in [-0.3, -0.25) is 4.79 Å². The average Bonchev–Trinajstić information content (AvgIpc) is 2.65. The number of ketones is 1. The van der Waals surface area contributed by atoms with Gasteiger partial charge in [0.2, 0.25) is 0 Å². The summed E-state index contributed by atoms with van der Waals surface area (Å²) in [6.07, 6.45) is 2.97. The smallest absolute Gasteiger partial charge is 0.336 e. The zero-order valence-corrected chi connectivity index (χ0v) is 19.9. The summed E-state index contributed by atoms with van der Waals surface area (Å²) in [5.74, 6) is -0.0430. The van der Waals surface area contributed by atoms with Gasteiger partial charge in [-0.15, -0.1) is 0 Å². The number of carbonyl (C=O) groups is 2. The molecule has 1 aliphatic heterocycles. The predicted octanol–water partition coefficient (Wildman–Crippen LogP) is 5.41. The number of methoxy groups -OCH3 is 1. The Labute approximate surface area is 187 Å². The molecule has 1 aliphatic carbocycles. The monoisotopic (exact) mass is 475 g/mol. The Hall–Kier alpha value is -2.08. The van der Waals surface area contributed by atoms with Crippen LogP contribution in [0, 0.1) is 5.41 Å². The maximum atomic E-state index is 13.3. The molecule has 1 heterocycles. The molecular formula is C24H30BrNO4. The van der Waals surface area contributed by atoms with Gasteiger partial charge in [0.15, 0.2) is 5.78 Å². The van der Waals surface area contributed by atoms with Crippen LogP contribution in [0.4, 0.5) is 0 Å². The summed E-state index contributed by atoms with van der Waals surface area (Å²) in [6, 6.07) is 5.71. The van der Waals surface area contributed by atoms with Crippen molar-refractivity contribution >= 4 is 27.7 Å². The Morgan fingerprint density at radius 3 is 2.67 bits per heavy atom. The molecule has 3 rings (SSSR count). The van der Waals surface area contributed by atoms with Crippen LogP contribution in [0.2, 0.25) is 0 Å². The highest BCUT2D eigenvalue weighted by atomic mass is 79.9. The van der Waals surface area contributed by atoms with E-state index in [0.717, 1.165) is 40.7 Å². The summed E-state index contributed by atoms with van der Waals surface area (Å²) < 4.78 is 11.7. The van der Waals surface area contributed by atoms with Crippen LogP contribution in [-0.4, -0.2) is 25.5 Å². The third kappa shape index (κ3) is 4.48. The Bertz CT molecular complexity index is 929. The molecule has 1 atom stereocenters. The second-order valence-corrected chi connectivity index (χ2v) is 9.67. The van der Waals surface area contributed by atoms with E-state index in [4.69, 9.17) is 9.47 Å². The Morgan fingerprint density at radius 1 is 1.30 bits per heavy atom. The van der Waals surface area contributed by atoms with Crippen LogP contribution in [0.5, 0.6) is 5.75 Å². The van der Waals surface area contributed by atoms with Gasteiger partial charge in [-0.1, -0.05) is 33.3 Å². The largest absolute Gasteiger partial charge is 0.496 e. The molecule has 0 amide bonds. The predicted molar refractivity (Wildman–Crippen MR) is 120 cm³/mol. The molecule has 0 bridgehead atoms. The lowest BCUT2D eigenvalue weighted by Gasteiger charge is -2.39. The Morgan fingerprint density at radius 2 is 2.03 bits per heavy atom. The first-order valence-electron chi connectivity index (χ1n) is 10.4. The summed E-state index contributed by atoms with van der Waals surface area (Å²) in [5, 5.41) is 3.36. The van der Waals surface area contributed by atoms with Crippen molar-refractivity contribution in [3.63, 3.8) is 0 Å². The van der Waals surface area contributed by atoms with Crippen molar-refractivity contribution in [2.45, 2.75) is 59.3 Å². The fourth-order valence-corrected chi connectivity index (χ4v) is 4.85. The molecule has 30 heavy (non-hydrogen) atoms. The van der Waals surface area contributed by atoms with Crippen molar-refractivity contribution in [1.29, 1.82) is 0 Å². The molecule has 1 aromatic rings. The molecule has 0 radical (unpaired) electrons. The van der Waals surface area contributed by atoms with Crippen LogP contribution in [0.1, 0.15) is 64.9 Å². The summed E-state index contributed by atoms with van der Waals surface area (Å²) in [7, 11) is 1.61. The maximum Gasteiger partial charge on any atom is 0.336 e. The van der Waals surface area contributed by atoms with Crippen molar-refractivity contribution in [2.75, 3.05) is 13.7 Å². The number of hydrogen-bond acceptors (Lipinski definition) is 5. The highest BCUT2D eigenvalue weighted by Crippen LogP contribution is 2.47. The van der Waals surface area contributed by atoms with Gasteiger partial charge in [-0.25, -0.2) is 4.79 Å². The van der Waals surface area contributed by atoms with E-state index >= 15 is 0 Å². The number of carbonyl (C=O) groups excluding carboxylic acids is 2. The third-order valence-electron chi connectivity index (χ3n) is 5.70. The first-order valence-corrected chi connectivity index (χ1v) is 11.2. The summed E-state index contributed by atoms with van der Waals surface area (Å²) in [4.78, 5) is 26.4. The highest BCUT2D eigenvalue weighted by molar-refractivity contribution is 9.10. The van der Waals surface area contributed by atoms with Gasteiger partial charge in [0.25, 0.3) is 0 Å². The molecule has 0 aromatic heterocycles. The quantitative estimate of drug-likeness (QED) is 0.440. The van der Waals surface area contributed by atoms with Crippen LogP contribution < -0.4 is 10.1 Å². The molecular weight excluding hydrogens is 446 g/mol. The molecule has 6 heteroatoms.